The van der Waals surface area contributed by atoms with Crippen LogP contribution in [0.15, 0.2) is 47.4 Å². The van der Waals surface area contributed by atoms with E-state index in [1.165, 1.54) is 4.90 Å². The predicted octanol–water partition coefficient (Wildman–Crippen LogP) is 5.81. The van der Waals surface area contributed by atoms with Crippen molar-refractivity contribution in [2.45, 2.75) is 36.1 Å². The highest BCUT2D eigenvalue weighted by atomic mass is 35.5. The van der Waals surface area contributed by atoms with Crippen LogP contribution in [0.5, 0.6) is 0 Å². The molecule has 0 bridgehead atoms. The van der Waals surface area contributed by atoms with Gasteiger partial charge in [0.2, 0.25) is 0 Å². The van der Waals surface area contributed by atoms with Crippen molar-refractivity contribution in [3.8, 4) is 0 Å². The van der Waals surface area contributed by atoms with E-state index < -0.39 is 0 Å². The van der Waals surface area contributed by atoms with Crippen LogP contribution in [0.4, 0.5) is 0 Å². The summed E-state index contributed by atoms with van der Waals surface area (Å²) in [5.41, 5.74) is 2.06. The molecule has 3 aromatic rings. The van der Waals surface area contributed by atoms with Gasteiger partial charge in [0.1, 0.15) is 5.82 Å². The highest BCUT2D eigenvalue weighted by molar-refractivity contribution is 7.98. The Hall–Kier alpha value is -1.20. The van der Waals surface area contributed by atoms with Gasteiger partial charge in [-0.3, -0.25) is 0 Å². The third-order valence-electron chi connectivity index (χ3n) is 4.38. The van der Waals surface area contributed by atoms with E-state index in [9.17, 15) is 0 Å². The molecule has 4 rings (SSSR count). The summed E-state index contributed by atoms with van der Waals surface area (Å²) in [7, 11) is 0. The van der Waals surface area contributed by atoms with E-state index >= 15 is 0 Å². The quantitative estimate of drug-likeness (QED) is 0.512. The van der Waals surface area contributed by atoms with E-state index in [0.29, 0.717) is 5.02 Å². The fourth-order valence-corrected chi connectivity index (χ4v) is 4.27. The Balaban J connectivity index is 1.62. The number of aromatic nitrogens is 2. The Bertz CT molecular complexity index is 873. The van der Waals surface area contributed by atoms with Crippen LogP contribution >= 0.6 is 35.0 Å². The molecule has 1 aliphatic heterocycles. The molecule has 1 atom stereocenters. The summed E-state index contributed by atoms with van der Waals surface area (Å²) >= 11 is 13.9. The van der Waals surface area contributed by atoms with Gasteiger partial charge in [0.25, 0.3) is 0 Å². The lowest BCUT2D eigenvalue weighted by atomic mass is 10.2. The molecule has 0 N–H and O–H groups in total. The molecule has 1 unspecified atom stereocenters. The third kappa shape index (κ3) is 3.98. The highest BCUT2D eigenvalue weighted by Gasteiger charge is 2.20. The number of benzene rings is 2. The van der Waals surface area contributed by atoms with Crippen LogP contribution in [-0.2, 0) is 17.0 Å². The number of imidazole rings is 1. The summed E-state index contributed by atoms with van der Waals surface area (Å²) in [6.45, 7) is 1.70. The van der Waals surface area contributed by atoms with Crippen molar-refractivity contribution in [3.63, 3.8) is 0 Å². The lowest BCUT2D eigenvalue weighted by Crippen LogP contribution is -2.16. The van der Waals surface area contributed by atoms with E-state index in [4.69, 9.17) is 32.9 Å². The van der Waals surface area contributed by atoms with Crippen molar-refractivity contribution in [2.75, 3.05) is 6.61 Å². The van der Waals surface area contributed by atoms with Crippen LogP contribution in [0.3, 0.4) is 0 Å². The van der Waals surface area contributed by atoms with E-state index in [-0.39, 0.29) is 6.10 Å². The van der Waals surface area contributed by atoms with E-state index in [1.54, 1.807) is 11.8 Å². The van der Waals surface area contributed by atoms with Crippen molar-refractivity contribution >= 4 is 46.0 Å². The summed E-state index contributed by atoms with van der Waals surface area (Å²) < 4.78 is 8.12. The lowest BCUT2D eigenvalue weighted by Gasteiger charge is -2.14. The Morgan fingerprint density at radius 3 is 2.68 bits per heavy atom. The van der Waals surface area contributed by atoms with Crippen LogP contribution in [0.2, 0.25) is 10.0 Å². The van der Waals surface area contributed by atoms with Crippen molar-refractivity contribution in [1.82, 2.24) is 9.55 Å². The van der Waals surface area contributed by atoms with Gasteiger partial charge < -0.3 is 9.30 Å². The van der Waals surface area contributed by atoms with Gasteiger partial charge in [-0.2, -0.15) is 0 Å². The fourth-order valence-electron chi connectivity index (χ4n) is 3.14. The lowest BCUT2D eigenvalue weighted by molar-refractivity contribution is 0.0974. The molecule has 1 aromatic heterocycles. The average molecular weight is 393 g/mol. The van der Waals surface area contributed by atoms with Crippen molar-refractivity contribution in [2.24, 2.45) is 0 Å². The summed E-state index contributed by atoms with van der Waals surface area (Å²) in [4.78, 5) is 6.00. The van der Waals surface area contributed by atoms with Gasteiger partial charge in [0.05, 0.1) is 29.4 Å². The minimum absolute atomic E-state index is 0.271. The summed E-state index contributed by atoms with van der Waals surface area (Å²) in [6.07, 6.45) is 2.52. The molecule has 2 aromatic carbocycles. The molecule has 130 valence electrons. The van der Waals surface area contributed by atoms with Crippen LogP contribution in [0, 0.1) is 0 Å². The molecular formula is C19H18Cl2N2OS. The van der Waals surface area contributed by atoms with Gasteiger partial charge in [-0.1, -0.05) is 23.2 Å². The summed E-state index contributed by atoms with van der Waals surface area (Å²) in [5, 5.41) is 1.47. The number of rotatable bonds is 5. The SMILES string of the molecule is Clc1ccc(SCc2nc3cc(Cl)ccc3n2CC2CCCO2)cc1. The smallest absolute Gasteiger partial charge is 0.120 e. The zero-order valence-corrected chi connectivity index (χ0v) is 15.9. The average Bonchev–Trinajstić information content (AvgIpc) is 3.23. The molecule has 0 spiro atoms. The molecular weight excluding hydrogens is 375 g/mol. The maximum absolute atomic E-state index is 6.15. The number of halogens is 2. The fraction of sp³-hybridized carbons (Fsp3) is 0.316. The molecule has 0 radical (unpaired) electrons. The molecule has 25 heavy (non-hydrogen) atoms. The number of ether oxygens (including phenoxy) is 1. The van der Waals surface area contributed by atoms with Crippen molar-refractivity contribution in [1.29, 1.82) is 0 Å². The second-order valence-corrected chi connectivity index (χ2v) is 8.07. The standard InChI is InChI=1S/C19H18Cl2N2OS/c20-13-3-6-16(7-4-13)25-12-19-22-17-10-14(21)5-8-18(17)23(19)11-15-2-1-9-24-15/h3-8,10,15H,1-2,9,11-12H2. The summed E-state index contributed by atoms with van der Waals surface area (Å²) in [6, 6.07) is 13.8. The zero-order chi connectivity index (χ0) is 17.2. The van der Waals surface area contributed by atoms with Crippen LogP contribution in [-0.4, -0.2) is 22.3 Å². The van der Waals surface area contributed by atoms with Gasteiger partial charge in [-0.25, -0.2) is 4.98 Å². The monoisotopic (exact) mass is 392 g/mol. The molecule has 1 saturated heterocycles. The minimum Gasteiger partial charge on any atom is -0.376 e. The first-order valence-corrected chi connectivity index (χ1v) is 10.1. The van der Waals surface area contributed by atoms with Crippen LogP contribution in [0.25, 0.3) is 11.0 Å². The van der Waals surface area contributed by atoms with Gasteiger partial charge in [-0.15, -0.1) is 11.8 Å². The van der Waals surface area contributed by atoms with Crippen molar-refractivity contribution < 1.29 is 4.74 Å². The molecule has 1 aliphatic rings. The Morgan fingerprint density at radius 1 is 1.12 bits per heavy atom. The Kier molecular flexibility index (Phi) is 5.23. The first kappa shape index (κ1) is 17.2. The summed E-state index contributed by atoms with van der Waals surface area (Å²) in [5.74, 6) is 1.84. The number of nitrogens with zero attached hydrogens (tertiary/aromatic N) is 2. The number of thioether (sulfide) groups is 1. The highest BCUT2D eigenvalue weighted by Crippen LogP contribution is 2.28. The maximum atomic E-state index is 6.15. The van der Waals surface area contributed by atoms with E-state index in [2.05, 4.69) is 10.6 Å². The molecule has 3 nitrogen and oxygen atoms in total. The zero-order valence-electron chi connectivity index (χ0n) is 13.6. The molecule has 6 heteroatoms. The van der Waals surface area contributed by atoms with Gasteiger partial charge >= 0.3 is 0 Å². The maximum Gasteiger partial charge on any atom is 0.120 e. The first-order chi connectivity index (χ1) is 12.2. The first-order valence-electron chi connectivity index (χ1n) is 8.34. The van der Waals surface area contributed by atoms with Gasteiger partial charge in [-0.05, 0) is 55.3 Å². The second kappa shape index (κ2) is 7.58. The molecule has 0 amide bonds. The van der Waals surface area contributed by atoms with Crippen LogP contribution < -0.4 is 0 Å². The van der Waals surface area contributed by atoms with Gasteiger partial charge in [0.15, 0.2) is 0 Å². The second-order valence-electron chi connectivity index (χ2n) is 6.15. The number of hydrogen-bond acceptors (Lipinski definition) is 3. The van der Waals surface area contributed by atoms with Gasteiger partial charge in [0, 0.05) is 21.5 Å². The molecule has 0 aliphatic carbocycles. The topological polar surface area (TPSA) is 27.1 Å². The predicted molar refractivity (Wildman–Crippen MR) is 105 cm³/mol. The number of hydrogen-bond donors (Lipinski definition) is 0. The van der Waals surface area contributed by atoms with Crippen LogP contribution in [0.1, 0.15) is 18.7 Å². The van der Waals surface area contributed by atoms with Crippen molar-refractivity contribution in [3.05, 3.63) is 58.3 Å². The Morgan fingerprint density at radius 2 is 1.92 bits per heavy atom. The normalized spacial score (nSPS) is 17.4. The minimum atomic E-state index is 0.271. The van der Waals surface area contributed by atoms with E-state index in [0.717, 1.165) is 53.6 Å². The molecule has 2 heterocycles. The molecule has 1 fully saturated rings. The largest absolute Gasteiger partial charge is 0.376 e. The third-order valence-corrected chi connectivity index (χ3v) is 5.88. The Labute approximate surface area is 161 Å². The van der Waals surface area contributed by atoms with E-state index in [1.807, 2.05) is 36.4 Å². The number of fused-ring (bicyclic) bond motifs is 1. The molecule has 0 saturated carbocycles.